The number of fused-ring (bicyclic) bond motifs is 2. The second kappa shape index (κ2) is 6.35. The molecule has 6 nitrogen and oxygen atoms in total. The third-order valence-corrected chi connectivity index (χ3v) is 7.49. The Hall–Kier alpha value is -2.32. The van der Waals surface area contributed by atoms with Crippen LogP contribution in [0, 0.1) is 0 Å². The van der Waals surface area contributed by atoms with Crippen LogP contribution >= 0.6 is 11.6 Å². The van der Waals surface area contributed by atoms with Gasteiger partial charge in [-0.3, -0.25) is 0 Å². The highest BCUT2D eigenvalue weighted by Crippen LogP contribution is 2.45. The van der Waals surface area contributed by atoms with Crippen molar-refractivity contribution >= 4 is 21.6 Å². The Kier molecular flexibility index (Phi) is 4.03. The molecule has 0 N–H and O–H groups in total. The molecule has 0 aliphatic carbocycles. The van der Waals surface area contributed by atoms with Crippen molar-refractivity contribution in [3.05, 3.63) is 77.1 Å². The van der Waals surface area contributed by atoms with E-state index in [4.69, 9.17) is 16.3 Å². The fourth-order valence-electron chi connectivity index (χ4n) is 3.67. The van der Waals surface area contributed by atoms with Crippen molar-refractivity contribution in [1.82, 2.24) is 14.3 Å². The minimum atomic E-state index is -3.67. The van der Waals surface area contributed by atoms with Gasteiger partial charge in [0, 0.05) is 30.4 Å². The van der Waals surface area contributed by atoms with Crippen LogP contribution in [-0.2, 0) is 27.0 Å². The Labute approximate surface area is 167 Å². The molecule has 28 heavy (non-hydrogen) atoms. The Bertz CT molecular complexity index is 1160. The number of sulfonamides is 1. The average Bonchev–Trinajstić information content (AvgIpc) is 3.07. The SMILES string of the molecule is O=S(=O)(c1ccccc1Cl)N1CC2(C1)OCc1nc(-c3ccccc3)ncc12. The molecule has 2 aliphatic rings. The highest BCUT2D eigenvalue weighted by Gasteiger charge is 2.55. The lowest BCUT2D eigenvalue weighted by atomic mass is 9.90. The molecule has 0 amide bonds. The molecule has 142 valence electrons. The summed E-state index contributed by atoms with van der Waals surface area (Å²) in [7, 11) is -3.67. The van der Waals surface area contributed by atoms with E-state index in [2.05, 4.69) is 9.97 Å². The van der Waals surface area contributed by atoms with Crippen LogP contribution in [0.15, 0.2) is 65.7 Å². The fraction of sp³-hybridized carbons (Fsp3) is 0.200. The van der Waals surface area contributed by atoms with E-state index in [-0.39, 0.29) is 23.0 Å². The Morgan fingerprint density at radius 2 is 1.75 bits per heavy atom. The number of hydrogen-bond acceptors (Lipinski definition) is 5. The molecule has 1 aromatic heterocycles. The molecule has 0 saturated carbocycles. The lowest BCUT2D eigenvalue weighted by Gasteiger charge is -2.46. The van der Waals surface area contributed by atoms with Gasteiger partial charge in [0.05, 0.1) is 17.3 Å². The molecule has 1 saturated heterocycles. The Balaban J connectivity index is 1.42. The lowest BCUT2D eigenvalue weighted by molar-refractivity contribution is -0.112. The van der Waals surface area contributed by atoms with Crippen LogP contribution in [0.1, 0.15) is 11.3 Å². The summed E-state index contributed by atoms with van der Waals surface area (Å²) in [5, 5.41) is 0.215. The van der Waals surface area contributed by atoms with E-state index in [9.17, 15) is 8.42 Å². The number of benzene rings is 2. The highest BCUT2D eigenvalue weighted by molar-refractivity contribution is 7.89. The first-order valence-electron chi connectivity index (χ1n) is 8.80. The zero-order valence-electron chi connectivity index (χ0n) is 14.7. The molecule has 3 aromatic rings. The highest BCUT2D eigenvalue weighted by atomic mass is 35.5. The summed E-state index contributed by atoms with van der Waals surface area (Å²) in [5.41, 5.74) is 1.92. The maximum absolute atomic E-state index is 12.9. The van der Waals surface area contributed by atoms with Crippen LogP contribution in [0.25, 0.3) is 11.4 Å². The topological polar surface area (TPSA) is 72.4 Å². The van der Waals surface area contributed by atoms with Gasteiger partial charge in [0.15, 0.2) is 5.82 Å². The molecule has 5 rings (SSSR count). The van der Waals surface area contributed by atoms with Crippen molar-refractivity contribution in [2.45, 2.75) is 17.1 Å². The first kappa shape index (κ1) is 17.8. The second-order valence-corrected chi connectivity index (χ2v) is 9.22. The van der Waals surface area contributed by atoms with Gasteiger partial charge in [0.1, 0.15) is 10.5 Å². The largest absolute Gasteiger partial charge is 0.361 e. The van der Waals surface area contributed by atoms with E-state index >= 15 is 0 Å². The van der Waals surface area contributed by atoms with Gasteiger partial charge >= 0.3 is 0 Å². The second-order valence-electron chi connectivity index (χ2n) is 6.91. The minimum Gasteiger partial charge on any atom is -0.361 e. The molecule has 1 spiro atoms. The maximum atomic E-state index is 12.9. The van der Waals surface area contributed by atoms with Crippen LogP contribution in [0.5, 0.6) is 0 Å². The third-order valence-electron chi connectivity index (χ3n) is 5.19. The Morgan fingerprint density at radius 1 is 1.04 bits per heavy atom. The van der Waals surface area contributed by atoms with Crippen molar-refractivity contribution < 1.29 is 13.2 Å². The number of ether oxygens (including phenoxy) is 1. The minimum absolute atomic E-state index is 0.111. The standard InChI is InChI=1S/C20H16ClN3O3S/c21-16-8-4-5-9-18(16)28(25,26)24-12-20(13-24)15-10-22-19(23-17(15)11-27-20)14-6-2-1-3-7-14/h1-10H,11-13H2. The van der Waals surface area contributed by atoms with Crippen molar-refractivity contribution in [2.24, 2.45) is 0 Å². The van der Waals surface area contributed by atoms with Crippen LogP contribution in [-0.4, -0.2) is 35.8 Å². The number of rotatable bonds is 3. The number of halogens is 1. The van der Waals surface area contributed by atoms with Gasteiger partial charge in [0.2, 0.25) is 10.0 Å². The van der Waals surface area contributed by atoms with Crippen molar-refractivity contribution in [2.75, 3.05) is 13.1 Å². The first-order valence-corrected chi connectivity index (χ1v) is 10.6. The van der Waals surface area contributed by atoms with Gasteiger partial charge in [-0.25, -0.2) is 18.4 Å². The fourth-order valence-corrected chi connectivity index (χ4v) is 5.69. The predicted molar refractivity (Wildman–Crippen MR) is 104 cm³/mol. The molecular weight excluding hydrogens is 398 g/mol. The lowest BCUT2D eigenvalue weighted by Crippen LogP contribution is -2.61. The van der Waals surface area contributed by atoms with Crippen LogP contribution in [0.4, 0.5) is 0 Å². The van der Waals surface area contributed by atoms with Gasteiger partial charge in [-0.05, 0) is 12.1 Å². The van der Waals surface area contributed by atoms with Crippen molar-refractivity contribution in [3.63, 3.8) is 0 Å². The quantitative estimate of drug-likeness (QED) is 0.659. The van der Waals surface area contributed by atoms with E-state index in [1.807, 2.05) is 30.3 Å². The molecule has 1 fully saturated rings. The maximum Gasteiger partial charge on any atom is 0.244 e. The van der Waals surface area contributed by atoms with E-state index in [0.717, 1.165) is 16.8 Å². The van der Waals surface area contributed by atoms with Crippen molar-refractivity contribution in [3.8, 4) is 11.4 Å². The van der Waals surface area contributed by atoms with Gasteiger partial charge in [-0.2, -0.15) is 4.31 Å². The summed E-state index contributed by atoms with van der Waals surface area (Å²) in [5.74, 6) is 0.639. The molecule has 0 radical (unpaired) electrons. The summed E-state index contributed by atoms with van der Waals surface area (Å²) in [4.78, 5) is 9.22. The Morgan fingerprint density at radius 3 is 2.50 bits per heavy atom. The number of hydrogen-bond donors (Lipinski definition) is 0. The average molecular weight is 414 g/mol. The molecule has 8 heteroatoms. The predicted octanol–water partition coefficient (Wildman–Crippen LogP) is 3.23. The number of aromatic nitrogens is 2. The zero-order valence-corrected chi connectivity index (χ0v) is 16.3. The smallest absolute Gasteiger partial charge is 0.244 e. The van der Waals surface area contributed by atoms with E-state index < -0.39 is 15.6 Å². The van der Waals surface area contributed by atoms with Gasteiger partial charge in [-0.15, -0.1) is 0 Å². The van der Waals surface area contributed by atoms with Crippen LogP contribution in [0.2, 0.25) is 5.02 Å². The monoisotopic (exact) mass is 413 g/mol. The third kappa shape index (κ3) is 2.66. The molecule has 2 aromatic carbocycles. The summed E-state index contributed by atoms with van der Waals surface area (Å²) in [6, 6.07) is 16.2. The van der Waals surface area contributed by atoms with E-state index in [1.54, 1.807) is 24.4 Å². The summed E-state index contributed by atoms with van der Waals surface area (Å²) in [6.07, 6.45) is 1.76. The first-order chi connectivity index (χ1) is 13.5. The molecule has 0 atom stereocenters. The van der Waals surface area contributed by atoms with Gasteiger partial charge in [0.25, 0.3) is 0 Å². The van der Waals surface area contributed by atoms with Crippen molar-refractivity contribution in [1.29, 1.82) is 0 Å². The van der Waals surface area contributed by atoms with Gasteiger partial charge in [-0.1, -0.05) is 54.1 Å². The normalized spacial score (nSPS) is 18.0. The molecule has 0 unspecified atom stereocenters. The van der Waals surface area contributed by atoms with E-state index in [0.29, 0.717) is 12.4 Å². The molecule has 2 aliphatic heterocycles. The van der Waals surface area contributed by atoms with E-state index in [1.165, 1.54) is 10.4 Å². The summed E-state index contributed by atoms with van der Waals surface area (Å²) >= 11 is 6.08. The molecule has 0 bridgehead atoms. The summed E-state index contributed by atoms with van der Waals surface area (Å²) in [6.45, 7) is 0.793. The number of nitrogens with zero attached hydrogens (tertiary/aromatic N) is 3. The zero-order chi connectivity index (χ0) is 19.4. The van der Waals surface area contributed by atoms with Gasteiger partial charge < -0.3 is 4.74 Å². The summed E-state index contributed by atoms with van der Waals surface area (Å²) < 4.78 is 33.1. The molecule has 3 heterocycles. The van der Waals surface area contributed by atoms with Crippen LogP contribution < -0.4 is 0 Å². The van der Waals surface area contributed by atoms with Crippen LogP contribution in [0.3, 0.4) is 0 Å². The molecular formula is C20H16ClN3O3S.